The Hall–Kier alpha value is -1.18. The van der Waals surface area contributed by atoms with Crippen LogP contribution in [0.25, 0.3) is 23.3 Å². The summed E-state index contributed by atoms with van der Waals surface area (Å²) in [6.07, 6.45) is 6.96. The van der Waals surface area contributed by atoms with Gasteiger partial charge in [0.25, 0.3) is 0 Å². The maximum atomic E-state index is 8.09. The van der Waals surface area contributed by atoms with Gasteiger partial charge in [0.2, 0.25) is 0 Å². The van der Waals surface area contributed by atoms with Crippen molar-refractivity contribution in [1.29, 1.82) is 0 Å². The molecule has 0 bridgehead atoms. The average molecular weight is 584 g/mol. The van der Waals surface area contributed by atoms with Crippen LogP contribution in [0.2, 0.25) is 13.1 Å². The second-order valence-electron chi connectivity index (χ2n) is 10.8. The van der Waals surface area contributed by atoms with E-state index in [2.05, 4.69) is 119 Å². The summed E-state index contributed by atoms with van der Waals surface area (Å²) in [5, 5.41) is 0. The molecule has 0 saturated heterocycles. The van der Waals surface area contributed by atoms with Gasteiger partial charge in [-0.05, 0) is 0 Å². The van der Waals surface area contributed by atoms with Crippen molar-refractivity contribution in [3.8, 4) is 11.1 Å². The molecular formula is C30H33Cl2SiZr. The van der Waals surface area contributed by atoms with Crippen LogP contribution in [0, 0.1) is 0 Å². The number of benzene rings is 3. The summed E-state index contributed by atoms with van der Waals surface area (Å²) in [5.41, 5.74) is 10.5. The Morgan fingerprint density at radius 3 is 2.21 bits per heavy atom. The van der Waals surface area contributed by atoms with Gasteiger partial charge in [0.05, 0.1) is 0 Å². The summed E-state index contributed by atoms with van der Waals surface area (Å²) in [6, 6.07) is 24.5. The SMILES string of the molecule is CC1=Cc2c(-c3ccc(C(C)C)cc3)cccc2[CH]1[Zr]([Cl])([Cl])([CH]1C=Cc2ccccc21)[SiH](C)C. The minimum absolute atomic E-state index is 0.155. The first kappa shape index (κ1) is 24.5. The van der Waals surface area contributed by atoms with E-state index in [0.717, 1.165) is 0 Å². The van der Waals surface area contributed by atoms with Gasteiger partial charge < -0.3 is 0 Å². The van der Waals surface area contributed by atoms with Crippen molar-refractivity contribution in [1.82, 2.24) is 0 Å². The van der Waals surface area contributed by atoms with Crippen LogP contribution < -0.4 is 0 Å². The van der Waals surface area contributed by atoms with Gasteiger partial charge in [-0.3, -0.25) is 0 Å². The molecule has 3 aromatic carbocycles. The molecule has 2 unspecified atom stereocenters. The van der Waals surface area contributed by atoms with Crippen LogP contribution in [0.4, 0.5) is 0 Å². The van der Waals surface area contributed by atoms with Crippen LogP contribution >= 0.6 is 17.0 Å². The summed E-state index contributed by atoms with van der Waals surface area (Å²) in [7, 11) is 16.2. The molecular weight excluding hydrogens is 551 g/mol. The third kappa shape index (κ3) is 3.64. The van der Waals surface area contributed by atoms with Crippen molar-refractivity contribution >= 4 is 35.1 Å². The molecule has 34 heavy (non-hydrogen) atoms. The third-order valence-corrected chi connectivity index (χ3v) is 60.4. The van der Waals surface area contributed by atoms with Crippen molar-refractivity contribution in [3.05, 3.63) is 106 Å². The molecule has 2 aliphatic carbocycles. The molecule has 0 N–H and O–H groups in total. The van der Waals surface area contributed by atoms with E-state index in [1.165, 1.54) is 44.5 Å². The summed E-state index contributed by atoms with van der Waals surface area (Å²) < 4.78 is 0.322. The molecule has 0 amide bonds. The van der Waals surface area contributed by atoms with Crippen LogP contribution in [0.3, 0.4) is 0 Å². The Kier molecular flexibility index (Phi) is 6.30. The molecule has 5 rings (SSSR count). The summed E-state index contributed by atoms with van der Waals surface area (Å²) >= 11 is -4.43. The molecule has 2 aliphatic rings. The van der Waals surface area contributed by atoms with E-state index in [1.54, 1.807) is 0 Å². The van der Waals surface area contributed by atoms with Crippen molar-refractivity contribution in [2.45, 2.75) is 47.0 Å². The fourth-order valence-electron chi connectivity index (χ4n) is 6.19. The normalized spacial score (nSPS) is 20.3. The number of halogens is 2. The first-order chi connectivity index (χ1) is 16.1. The van der Waals surface area contributed by atoms with Crippen molar-refractivity contribution < 1.29 is 15.6 Å². The molecule has 0 nitrogen and oxygen atoms in total. The van der Waals surface area contributed by atoms with Crippen LogP contribution in [0.5, 0.6) is 0 Å². The fraction of sp³-hybridized carbons (Fsp3) is 0.267. The van der Waals surface area contributed by atoms with Gasteiger partial charge in [0, 0.05) is 0 Å². The molecule has 0 heterocycles. The van der Waals surface area contributed by atoms with Crippen molar-refractivity contribution in [2.75, 3.05) is 0 Å². The van der Waals surface area contributed by atoms with Crippen LogP contribution in [-0.2, 0) is 15.6 Å². The summed E-state index contributed by atoms with van der Waals surface area (Å²) in [4.78, 5) is 0. The van der Waals surface area contributed by atoms with Gasteiger partial charge >= 0.3 is 215 Å². The number of allylic oxidation sites excluding steroid dienone is 2. The van der Waals surface area contributed by atoms with E-state index in [9.17, 15) is 0 Å². The molecule has 175 valence electrons. The first-order valence-corrected chi connectivity index (χ1v) is 28.7. The molecule has 3 aromatic rings. The average Bonchev–Trinajstić information content (AvgIpc) is 3.40. The van der Waals surface area contributed by atoms with Crippen LogP contribution in [0.1, 0.15) is 61.8 Å². The molecule has 0 radical (unpaired) electrons. The monoisotopic (exact) mass is 581 g/mol. The zero-order chi connectivity index (χ0) is 24.3. The Bertz CT molecular complexity index is 1320. The molecule has 2 atom stereocenters. The Balaban J connectivity index is 1.67. The zero-order valence-corrected chi connectivity index (χ0v) is 25.8. The Labute approximate surface area is 213 Å². The number of hydrogen-bond acceptors (Lipinski definition) is 0. The van der Waals surface area contributed by atoms with Gasteiger partial charge in [-0.15, -0.1) is 0 Å². The van der Waals surface area contributed by atoms with E-state index >= 15 is 0 Å². The Morgan fingerprint density at radius 1 is 0.853 bits per heavy atom. The van der Waals surface area contributed by atoms with Gasteiger partial charge in [0.1, 0.15) is 0 Å². The third-order valence-electron chi connectivity index (χ3n) is 8.21. The van der Waals surface area contributed by atoms with Gasteiger partial charge in [0.15, 0.2) is 0 Å². The number of fused-ring (bicyclic) bond motifs is 2. The molecule has 0 fully saturated rings. The van der Waals surface area contributed by atoms with Gasteiger partial charge in [-0.2, -0.15) is 0 Å². The minimum atomic E-state index is -4.43. The second kappa shape index (κ2) is 8.74. The van der Waals surface area contributed by atoms with Gasteiger partial charge in [-0.25, -0.2) is 0 Å². The van der Waals surface area contributed by atoms with E-state index in [-0.39, 0.29) is 7.25 Å². The second-order valence-corrected chi connectivity index (χ2v) is 53.4. The predicted molar refractivity (Wildman–Crippen MR) is 151 cm³/mol. The molecule has 0 saturated carbocycles. The van der Waals surface area contributed by atoms with E-state index in [0.29, 0.717) is 5.92 Å². The van der Waals surface area contributed by atoms with E-state index < -0.39 is 21.5 Å². The molecule has 0 spiro atoms. The van der Waals surface area contributed by atoms with Gasteiger partial charge in [-0.1, -0.05) is 0 Å². The fourth-order valence-corrected chi connectivity index (χ4v) is 36.4. The first-order valence-electron chi connectivity index (χ1n) is 12.4. The quantitative estimate of drug-likeness (QED) is 0.262. The number of rotatable bonds is 5. The standard InChI is InChI=1S/C19H19.C9H7.C2H7Si.2ClH.Zr/c1-13(2)15-7-9-16(10-8-15)18-6-4-5-17-11-14(3)12-19(17)18;1-2-5-9-7-3-6-8(9)4-1;1-3-2;;;/h4-13H,1-3H3;1-7H;3H,1-2H3;2*1H;/q;;;;;+2/p-2. The van der Waals surface area contributed by atoms with E-state index in [4.69, 9.17) is 17.0 Å². The topological polar surface area (TPSA) is 0 Å². The Morgan fingerprint density at radius 2 is 1.53 bits per heavy atom. The number of hydrogen-bond donors (Lipinski definition) is 0. The van der Waals surface area contributed by atoms with Crippen LogP contribution in [0.15, 0.2) is 78.4 Å². The summed E-state index contributed by atoms with van der Waals surface area (Å²) in [6.45, 7) is 11.5. The molecule has 0 aliphatic heterocycles. The molecule has 0 aromatic heterocycles. The van der Waals surface area contributed by atoms with Crippen molar-refractivity contribution in [3.63, 3.8) is 0 Å². The molecule has 4 heteroatoms. The predicted octanol–water partition coefficient (Wildman–Crippen LogP) is 9.68. The summed E-state index contributed by atoms with van der Waals surface area (Å²) in [5.74, 6) is -0.907. The zero-order valence-electron chi connectivity index (χ0n) is 20.6. The van der Waals surface area contributed by atoms with Crippen molar-refractivity contribution in [2.24, 2.45) is 0 Å². The van der Waals surface area contributed by atoms with E-state index in [1.807, 2.05) is 0 Å². The van der Waals surface area contributed by atoms with Crippen LogP contribution in [-0.4, -0.2) is 5.92 Å². The maximum absolute atomic E-state index is 8.09.